The summed E-state index contributed by atoms with van der Waals surface area (Å²) in [6, 6.07) is 11.5. The van der Waals surface area contributed by atoms with Gasteiger partial charge in [-0.3, -0.25) is 0 Å². The van der Waals surface area contributed by atoms with E-state index in [-0.39, 0.29) is 11.7 Å². The van der Waals surface area contributed by atoms with Crippen LogP contribution in [0.3, 0.4) is 0 Å². The summed E-state index contributed by atoms with van der Waals surface area (Å²) in [5.41, 5.74) is 5.20. The van der Waals surface area contributed by atoms with Crippen molar-refractivity contribution in [3.8, 4) is 5.75 Å². The third kappa shape index (κ3) is 3.69. The lowest BCUT2D eigenvalue weighted by Gasteiger charge is -2.34. The smallest absolute Gasteiger partial charge is 0.335 e. The molecule has 0 fully saturated rings. The molecule has 1 aliphatic heterocycles. The number of nitrogens with one attached hydrogen (secondary N) is 1. The van der Waals surface area contributed by atoms with E-state index in [1.807, 2.05) is 7.05 Å². The Balaban J connectivity index is 1.39. The second-order valence-corrected chi connectivity index (χ2v) is 7.17. The third-order valence-electron chi connectivity index (χ3n) is 5.23. The summed E-state index contributed by atoms with van der Waals surface area (Å²) in [5, 5.41) is 12.7. The molecule has 2 N–H and O–H groups in total. The molecular formula is C22H24N2O3. The van der Waals surface area contributed by atoms with Crippen molar-refractivity contribution < 1.29 is 14.6 Å². The lowest BCUT2D eigenvalue weighted by Crippen LogP contribution is -2.43. The first-order chi connectivity index (χ1) is 13.1. The van der Waals surface area contributed by atoms with Crippen LogP contribution in [0.2, 0.25) is 0 Å². The predicted molar refractivity (Wildman–Crippen MR) is 107 cm³/mol. The molecule has 0 bridgehead atoms. The van der Waals surface area contributed by atoms with E-state index in [2.05, 4.69) is 40.6 Å². The van der Waals surface area contributed by atoms with Crippen LogP contribution in [-0.4, -0.2) is 37.3 Å². The summed E-state index contributed by atoms with van der Waals surface area (Å²) in [7, 11) is 1.97. The highest BCUT2D eigenvalue weighted by atomic mass is 16.5. The first kappa shape index (κ1) is 17.6. The maximum Gasteiger partial charge on any atom is 0.335 e. The zero-order valence-corrected chi connectivity index (χ0v) is 15.4. The van der Waals surface area contributed by atoms with Gasteiger partial charge >= 0.3 is 5.97 Å². The number of carboxylic acids is 1. The molecule has 0 spiro atoms. The number of ether oxygens (including phenoxy) is 1. The van der Waals surface area contributed by atoms with Gasteiger partial charge in [0.2, 0.25) is 0 Å². The highest BCUT2D eigenvalue weighted by molar-refractivity contribution is 5.89. The molecule has 0 radical (unpaired) electrons. The van der Waals surface area contributed by atoms with Gasteiger partial charge in [-0.15, -0.1) is 0 Å². The Morgan fingerprint density at radius 2 is 2.22 bits per heavy atom. The number of hydrogen-bond acceptors (Lipinski definition) is 4. The first-order valence-electron chi connectivity index (χ1n) is 9.35. The number of benzene rings is 2. The van der Waals surface area contributed by atoms with E-state index in [4.69, 9.17) is 9.84 Å². The van der Waals surface area contributed by atoms with Crippen LogP contribution in [0.5, 0.6) is 5.75 Å². The molecule has 2 aromatic carbocycles. The number of anilines is 1. The summed E-state index contributed by atoms with van der Waals surface area (Å²) in [4.78, 5) is 13.2. The molecular weight excluding hydrogens is 340 g/mol. The van der Waals surface area contributed by atoms with Crippen molar-refractivity contribution in [2.45, 2.75) is 25.5 Å². The fraction of sp³-hybridized carbons (Fsp3) is 0.318. The zero-order valence-electron chi connectivity index (χ0n) is 15.4. The molecule has 140 valence electrons. The Labute approximate surface area is 159 Å². The average molecular weight is 364 g/mol. The van der Waals surface area contributed by atoms with Gasteiger partial charge in [0.15, 0.2) is 0 Å². The Bertz CT molecular complexity index is 891. The van der Waals surface area contributed by atoms with E-state index in [9.17, 15) is 4.79 Å². The van der Waals surface area contributed by atoms with E-state index in [1.165, 1.54) is 16.7 Å². The number of carbonyl (C=O) groups is 1. The molecule has 1 heterocycles. The molecule has 1 unspecified atom stereocenters. The summed E-state index contributed by atoms with van der Waals surface area (Å²) < 4.78 is 6.08. The quantitative estimate of drug-likeness (QED) is 0.852. The number of aromatic carboxylic acids is 1. The molecule has 2 aliphatic rings. The minimum atomic E-state index is -0.921. The Morgan fingerprint density at radius 1 is 1.33 bits per heavy atom. The van der Waals surface area contributed by atoms with Crippen molar-refractivity contribution in [2.75, 3.05) is 25.0 Å². The second kappa shape index (κ2) is 7.45. The maximum absolute atomic E-state index is 11.2. The van der Waals surface area contributed by atoms with Crippen LogP contribution in [0, 0.1) is 0 Å². The molecule has 0 saturated carbocycles. The molecule has 0 saturated heterocycles. The van der Waals surface area contributed by atoms with Gasteiger partial charge in [0.25, 0.3) is 0 Å². The van der Waals surface area contributed by atoms with Crippen molar-refractivity contribution >= 4 is 17.7 Å². The fourth-order valence-corrected chi connectivity index (χ4v) is 3.84. The fourth-order valence-electron chi connectivity index (χ4n) is 3.84. The van der Waals surface area contributed by atoms with Gasteiger partial charge in [0, 0.05) is 20.1 Å². The van der Waals surface area contributed by atoms with Gasteiger partial charge in [-0.25, -0.2) is 4.79 Å². The number of fused-ring (bicyclic) bond motifs is 2. The first-order valence-corrected chi connectivity index (χ1v) is 9.35. The molecule has 1 atom stereocenters. The van der Waals surface area contributed by atoms with Crippen LogP contribution in [0.25, 0.3) is 6.08 Å². The standard InChI is InChI=1S/C22H24N2O3/c1-24-14-18(27-21-10-9-16(22(25)26)11-20(21)24)13-23-12-17-7-4-6-15-5-2-3-8-19(15)17/h3-4,6-11,18,23H,2,5,12-14H2,1H3,(H,25,26). The topological polar surface area (TPSA) is 61.8 Å². The third-order valence-corrected chi connectivity index (χ3v) is 5.23. The van der Waals surface area contributed by atoms with Crippen molar-refractivity contribution in [1.82, 2.24) is 5.32 Å². The molecule has 5 heteroatoms. The van der Waals surface area contributed by atoms with Crippen molar-refractivity contribution in [3.63, 3.8) is 0 Å². The summed E-state index contributed by atoms with van der Waals surface area (Å²) in [5.74, 6) is -0.184. The Kier molecular flexibility index (Phi) is 4.86. The minimum Gasteiger partial charge on any atom is -0.485 e. The number of rotatable bonds is 5. The molecule has 0 amide bonds. The van der Waals surface area contributed by atoms with Gasteiger partial charge < -0.3 is 20.1 Å². The van der Waals surface area contributed by atoms with E-state index >= 15 is 0 Å². The number of nitrogens with zero attached hydrogens (tertiary/aromatic N) is 1. The minimum absolute atomic E-state index is 0.0215. The molecule has 2 aromatic rings. The molecule has 27 heavy (non-hydrogen) atoms. The van der Waals surface area contributed by atoms with Crippen LogP contribution < -0.4 is 15.0 Å². The van der Waals surface area contributed by atoms with Gasteiger partial charge in [0.05, 0.1) is 17.8 Å². The van der Waals surface area contributed by atoms with Crippen LogP contribution in [0.4, 0.5) is 5.69 Å². The van der Waals surface area contributed by atoms with Crippen molar-refractivity contribution in [3.05, 3.63) is 64.7 Å². The maximum atomic E-state index is 11.2. The predicted octanol–water partition coefficient (Wildman–Crippen LogP) is 3.33. The van der Waals surface area contributed by atoms with E-state index < -0.39 is 5.97 Å². The van der Waals surface area contributed by atoms with E-state index in [0.717, 1.165) is 43.9 Å². The summed E-state index contributed by atoms with van der Waals surface area (Å²) in [6.07, 6.45) is 6.73. The van der Waals surface area contributed by atoms with E-state index in [1.54, 1.807) is 18.2 Å². The van der Waals surface area contributed by atoms with Crippen LogP contribution in [0.1, 0.15) is 33.5 Å². The van der Waals surface area contributed by atoms with Crippen LogP contribution in [0.15, 0.2) is 42.5 Å². The Hall–Kier alpha value is -2.79. The van der Waals surface area contributed by atoms with E-state index in [0.29, 0.717) is 0 Å². The van der Waals surface area contributed by atoms with Crippen molar-refractivity contribution in [1.29, 1.82) is 0 Å². The Morgan fingerprint density at radius 3 is 3.07 bits per heavy atom. The normalized spacial score (nSPS) is 17.8. The highest BCUT2D eigenvalue weighted by Gasteiger charge is 2.24. The molecule has 5 nitrogen and oxygen atoms in total. The number of carboxylic acid groups (broad SMARTS) is 1. The largest absolute Gasteiger partial charge is 0.485 e. The van der Waals surface area contributed by atoms with Gasteiger partial charge in [-0.2, -0.15) is 0 Å². The number of allylic oxidation sites excluding steroid dienone is 1. The number of aryl methyl sites for hydroxylation is 1. The van der Waals surface area contributed by atoms with Crippen LogP contribution >= 0.6 is 0 Å². The van der Waals surface area contributed by atoms with Crippen molar-refractivity contribution in [2.24, 2.45) is 0 Å². The molecule has 4 rings (SSSR count). The summed E-state index contributed by atoms with van der Waals surface area (Å²) in [6.45, 7) is 2.26. The summed E-state index contributed by atoms with van der Waals surface area (Å²) >= 11 is 0. The van der Waals surface area contributed by atoms with Crippen LogP contribution in [-0.2, 0) is 13.0 Å². The second-order valence-electron chi connectivity index (χ2n) is 7.17. The van der Waals surface area contributed by atoms with Gasteiger partial charge in [-0.1, -0.05) is 30.4 Å². The van der Waals surface area contributed by atoms with Gasteiger partial charge in [-0.05, 0) is 47.7 Å². The van der Waals surface area contributed by atoms with Gasteiger partial charge in [0.1, 0.15) is 11.9 Å². The number of likely N-dealkylation sites (N-methyl/N-ethyl adjacent to an activating group) is 1. The lowest BCUT2D eigenvalue weighted by molar-refractivity contribution is 0.0697. The monoisotopic (exact) mass is 364 g/mol. The highest BCUT2D eigenvalue weighted by Crippen LogP contribution is 2.33. The lowest BCUT2D eigenvalue weighted by atomic mass is 9.93. The average Bonchev–Trinajstić information content (AvgIpc) is 2.68. The zero-order chi connectivity index (χ0) is 18.8. The molecule has 1 aliphatic carbocycles. The molecule has 0 aromatic heterocycles. The SMILES string of the molecule is CN1CC(CNCc2cccc3c2C=CCC3)Oc2ccc(C(=O)O)cc21. The number of hydrogen-bond donors (Lipinski definition) is 2.